The van der Waals surface area contributed by atoms with Crippen LogP contribution in [0.3, 0.4) is 0 Å². The predicted octanol–water partition coefficient (Wildman–Crippen LogP) is 5.24. The van der Waals surface area contributed by atoms with Crippen molar-refractivity contribution in [3.63, 3.8) is 0 Å². The van der Waals surface area contributed by atoms with Crippen molar-refractivity contribution < 1.29 is 4.79 Å². The standard InChI is InChI=1S/C18H24ClNO/c1-3-4-5-6-7-14-12-17(13(2)18(14)21)20-16-10-8-15(19)9-11-16/h8-13,17,20H,3-7H2,1-2H3/t13-,17+/m0/s1. The highest BCUT2D eigenvalue weighted by Gasteiger charge is 2.31. The lowest BCUT2D eigenvalue weighted by Gasteiger charge is -2.16. The number of hydrogen-bond donors (Lipinski definition) is 1. The Morgan fingerprint density at radius 3 is 2.52 bits per heavy atom. The molecule has 0 spiro atoms. The second-order valence-electron chi connectivity index (χ2n) is 5.83. The van der Waals surface area contributed by atoms with Gasteiger partial charge in [0.15, 0.2) is 5.78 Å². The first kappa shape index (κ1) is 16.1. The van der Waals surface area contributed by atoms with Crippen molar-refractivity contribution in [3.8, 4) is 0 Å². The number of benzene rings is 1. The number of hydrogen-bond acceptors (Lipinski definition) is 2. The molecular weight excluding hydrogens is 282 g/mol. The van der Waals surface area contributed by atoms with Gasteiger partial charge in [-0.1, -0.05) is 50.8 Å². The number of halogens is 1. The maximum Gasteiger partial charge on any atom is 0.163 e. The molecule has 1 aromatic carbocycles. The molecule has 2 rings (SSSR count). The highest BCUT2D eigenvalue weighted by atomic mass is 35.5. The van der Waals surface area contributed by atoms with E-state index < -0.39 is 0 Å². The normalized spacial score (nSPS) is 21.5. The van der Waals surface area contributed by atoms with Crippen LogP contribution in [-0.4, -0.2) is 11.8 Å². The smallest absolute Gasteiger partial charge is 0.163 e. The molecular formula is C18H24ClNO. The summed E-state index contributed by atoms with van der Waals surface area (Å²) in [5.74, 6) is 0.319. The molecule has 2 nitrogen and oxygen atoms in total. The highest BCUT2D eigenvalue weighted by Crippen LogP contribution is 2.28. The predicted molar refractivity (Wildman–Crippen MR) is 89.9 cm³/mol. The fraction of sp³-hybridized carbons (Fsp3) is 0.500. The van der Waals surface area contributed by atoms with Gasteiger partial charge in [0, 0.05) is 16.6 Å². The van der Waals surface area contributed by atoms with E-state index in [2.05, 4.69) is 18.3 Å². The van der Waals surface area contributed by atoms with Gasteiger partial charge in [0.05, 0.1) is 6.04 Å². The van der Waals surface area contributed by atoms with Gasteiger partial charge < -0.3 is 5.32 Å². The first-order chi connectivity index (χ1) is 10.1. The summed E-state index contributed by atoms with van der Waals surface area (Å²) in [7, 11) is 0. The minimum absolute atomic E-state index is 0.0156. The third-order valence-electron chi connectivity index (χ3n) is 4.13. The molecule has 0 fully saturated rings. The summed E-state index contributed by atoms with van der Waals surface area (Å²) in [6, 6.07) is 7.72. The average Bonchev–Trinajstić information content (AvgIpc) is 2.74. The minimum Gasteiger partial charge on any atom is -0.378 e. The van der Waals surface area contributed by atoms with Crippen molar-refractivity contribution in [3.05, 3.63) is 40.9 Å². The molecule has 1 aliphatic rings. The van der Waals surface area contributed by atoms with Gasteiger partial charge in [-0.25, -0.2) is 0 Å². The van der Waals surface area contributed by atoms with Gasteiger partial charge in [0.25, 0.3) is 0 Å². The Bertz CT molecular complexity index is 506. The quantitative estimate of drug-likeness (QED) is 0.698. The molecule has 0 bridgehead atoms. The number of Topliss-reactive ketones (excluding diaryl/α,β-unsaturated/α-hetero) is 1. The molecule has 21 heavy (non-hydrogen) atoms. The first-order valence-electron chi connectivity index (χ1n) is 7.89. The number of ketones is 1. The van der Waals surface area contributed by atoms with E-state index in [1.165, 1.54) is 19.3 Å². The Morgan fingerprint density at radius 1 is 1.14 bits per heavy atom. The summed E-state index contributed by atoms with van der Waals surface area (Å²) in [4.78, 5) is 12.3. The summed E-state index contributed by atoms with van der Waals surface area (Å²) in [5, 5.41) is 4.15. The molecule has 0 unspecified atom stereocenters. The molecule has 2 atom stereocenters. The molecule has 1 N–H and O–H groups in total. The molecule has 0 radical (unpaired) electrons. The van der Waals surface area contributed by atoms with E-state index in [0.717, 1.165) is 29.1 Å². The molecule has 0 saturated heterocycles. The van der Waals surface area contributed by atoms with Crippen LogP contribution in [0, 0.1) is 5.92 Å². The fourth-order valence-electron chi connectivity index (χ4n) is 2.75. The minimum atomic E-state index is 0.0156. The van der Waals surface area contributed by atoms with Crippen LogP contribution in [0.4, 0.5) is 5.69 Å². The van der Waals surface area contributed by atoms with Gasteiger partial charge in [-0.15, -0.1) is 0 Å². The molecule has 0 saturated carbocycles. The van der Waals surface area contributed by atoms with E-state index in [-0.39, 0.29) is 12.0 Å². The van der Waals surface area contributed by atoms with Crippen molar-refractivity contribution in [2.75, 3.05) is 5.32 Å². The second kappa shape index (κ2) is 7.65. The number of anilines is 1. The monoisotopic (exact) mass is 305 g/mol. The summed E-state index contributed by atoms with van der Waals surface area (Å²) >= 11 is 5.89. The van der Waals surface area contributed by atoms with Crippen LogP contribution < -0.4 is 5.32 Å². The lowest BCUT2D eigenvalue weighted by Crippen LogP contribution is -2.25. The summed E-state index contributed by atoms with van der Waals surface area (Å²) in [6.07, 6.45) is 7.85. The van der Waals surface area contributed by atoms with Gasteiger partial charge in [-0.05, 0) is 42.7 Å². The summed E-state index contributed by atoms with van der Waals surface area (Å²) < 4.78 is 0. The zero-order valence-electron chi connectivity index (χ0n) is 12.9. The molecule has 1 aliphatic carbocycles. The van der Waals surface area contributed by atoms with Gasteiger partial charge in [-0.3, -0.25) is 4.79 Å². The highest BCUT2D eigenvalue weighted by molar-refractivity contribution is 6.30. The lowest BCUT2D eigenvalue weighted by molar-refractivity contribution is -0.118. The zero-order valence-corrected chi connectivity index (χ0v) is 13.6. The summed E-state index contributed by atoms with van der Waals surface area (Å²) in [6.45, 7) is 4.21. The third-order valence-corrected chi connectivity index (χ3v) is 4.38. The van der Waals surface area contributed by atoms with Crippen LogP contribution >= 0.6 is 11.6 Å². The number of carbonyl (C=O) groups excluding carboxylic acids is 1. The Kier molecular flexibility index (Phi) is 5.86. The van der Waals surface area contributed by atoms with E-state index in [1.807, 2.05) is 31.2 Å². The van der Waals surface area contributed by atoms with Crippen molar-refractivity contribution in [1.29, 1.82) is 0 Å². The third kappa shape index (κ3) is 4.34. The van der Waals surface area contributed by atoms with Crippen LogP contribution in [0.2, 0.25) is 5.02 Å². The van der Waals surface area contributed by atoms with Crippen molar-refractivity contribution >= 4 is 23.1 Å². The fourth-order valence-corrected chi connectivity index (χ4v) is 2.88. The van der Waals surface area contributed by atoms with Crippen LogP contribution in [-0.2, 0) is 4.79 Å². The first-order valence-corrected chi connectivity index (χ1v) is 8.26. The van der Waals surface area contributed by atoms with Gasteiger partial charge in [-0.2, -0.15) is 0 Å². The Morgan fingerprint density at radius 2 is 1.86 bits per heavy atom. The van der Waals surface area contributed by atoms with Crippen molar-refractivity contribution in [1.82, 2.24) is 0 Å². The van der Waals surface area contributed by atoms with Crippen LogP contribution in [0.15, 0.2) is 35.9 Å². The zero-order chi connectivity index (χ0) is 15.2. The molecule has 1 aromatic rings. The van der Waals surface area contributed by atoms with E-state index in [1.54, 1.807) is 0 Å². The van der Waals surface area contributed by atoms with E-state index in [9.17, 15) is 4.79 Å². The van der Waals surface area contributed by atoms with Gasteiger partial charge in [0.1, 0.15) is 0 Å². The largest absolute Gasteiger partial charge is 0.378 e. The van der Waals surface area contributed by atoms with Crippen molar-refractivity contribution in [2.45, 2.75) is 52.0 Å². The number of carbonyl (C=O) groups is 1. The second-order valence-corrected chi connectivity index (χ2v) is 6.27. The Hall–Kier alpha value is -1.28. The van der Waals surface area contributed by atoms with E-state index >= 15 is 0 Å². The Balaban J connectivity index is 1.94. The van der Waals surface area contributed by atoms with Crippen LogP contribution in [0.1, 0.15) is 46.0 Å². The molecule has 114 valence electrons. The molecule has 3 heteroatoms. The Labute approximate surface area is 132 Å². The number of unbranched alkanes of at least 4 members (excludes halogenated alkanes) is 3. The average molecular weight is 306 g/mol. The van der Waals surface area contributed by atoms with E-state index in [4.69, 9.17) is 11.6 Å². The molecule has 0 aliphatic heterocycles. The maximum absolute atomic E-state index is 12.3. The maximum atomic E-state index is 12.3. The topological polar surface area (TPSA) is 29.1 Å². The van der Waals surface area contributed by atoms with Gasteiger partial charge >= 0.3 is 0 Å². The van der Waals surface area contributed by atoms with E-state index in [0.29, 0.717) is 5.78 Å². The molecule has 0 heterocycles. The molecule has 0 amide bonds. The van der Waals surface area contributed by atoms with Crippen LogP contribution in [0.5, 0.6) is 0 Å². The number of rotatable bonds is 7. The van der Waals surface area contributed by atoms with Gasteiger partial charge in [0.2, 0.25) is 0 Å². The SMILES string of the molecule is CCCCCCC1=C[C@@H](Nc2ccc(Cl)cc2)[C@H](C)C1=O. The molecule has 0 aromatic heterocycles. The van der Waals surface area contributed by atoms with Crippen LogP contribution in [0.25, 0.3) is 0 Å². The number of nitrogens with one attached hydrogen (secondary N) is 1. The number of allylic oxidation sites excluding steroid dienone is 1. The van der Waals surface area contributed by atoms with Crippen molar-refractivity contribution in [2.24, 2.45) is 5.92 Å². The lowest BCUT2D eigenvalue weighted by atomic mass is 10.00. The summed E-state index contributed by atoms with van der Waals surface area (Å²) in [5.41, 5.74) is 2.01.